The molecule has 1 N–H and O–H groups in total. The van der Waals surface area contributed by atoms with E-state index in [1.54, 1.807) is 6.08 Å². The lowest BCUT2D eigenvalue weighted by atomic mass is 10.1. The monoisotopic (exact) mass is 593 g/mol. The van der Waals surface area contributed by atoms with Crippen LogP contribution in [0.2, 0.25) is 5.02 Å². The van der Waals surface area contributed by atoms with Crippen LogP contribution in [-0.2, 0) is 11.4 Å². The number of carbonyl (C=O) groups excluding carboxylic acids is 1. The normalized spacial score (nSPS) is 15.4. The first-order chi connectivity index (χ1) is 17.9. The van der Waals surface area contributed by atoms with Gasteiger partial charge in [0.1, 0.15) is 18.0 Å². The maximum atomic E-state index is 12.5. The Kier molecular flexibility index (Phi) is 7.27. The molecule has 0 spiro atoms. The number of nitro groups is 1. The van der Waals surface area contributed by atoms with Crippen LogP contribution in [0.1, 0.15) is 11.1 Å². The number of carbonyl (C=O) groups is 1. The number of amidine groups is 1. The van der Waals surface area contributed by atoms with Crippen molar-refractivity contribution in [3.05, 3.63) is 115 Å². The van der Waals surface area contributed by atoms with Crippen LogP contribution in [0.25, 0.3) is 16.8 Å². The number of nitro benzene ring substituents is 1. The summed E-state index contributed by atoms with van der Waals surface area (Å²) < 4.78 is 6.81. The largest absolute Gasteiger partial charge is 0.488 e. The highest BCUT2D eigenvalue weighted by Gasteiger charge is 2.25. The third-order valence-corrected chi connectivity index (χ3v) is 7.29. The second kappa shape index (κ2) is 10.8. The Morgan fingerprint density at radius 1 is 1.08 bits per heavy atom. The molecule has 1 saturated heterocycles. The summed E-state index contributed by atoms with van der Waals surface area (Å²) in [6, 6.07) is 24.0. The Hall–Kier alpha value is -3.66. The Bertz CT molecular complexity index is 1620. The van der Waals surface area contributed by atoms with Crippen molar-refractivity contribution in [2.75, 3.05) is 0 Å². The van der Waals surface area contributed by atoms with Crippen molar-refractivity contribution in [3.8, 4) is 5.75 Å². The summed E-state index contributed by atoms with van der Waals surface area (Å²) >= 11 is 10.5. The van der Waals surface area contributed by atoms with E-state index in [0.29, 0.717) is 17.3 Å². The van der Waals surface area contributed by atoms with E-state index in [1.807, 2.05) is 42.5 Å². The quantitative estimate of drug-likeness (QED) is 0.141. The Morgan fingerprint density at radius 3 is 2.70 bits per heavy atom. The molecule has 1 heterocycles. The third-order valence-electron chi connectivity index (χ3n) is 5.52. The van der Waals surface area contributed by atoms with Crippen LogP contribution in [0.5, 0.6) is 5.75 Å². The molecule has 0 atom stereocenters. The fourth-order valence-electron chi connectivity index (χ4n) is 3.78. The lowest BCUT2D eigenvalue weighted by Crippen LogP contribution is -2.19. The van der Waals surface area contributed by atoms with E-state index in [9.17, 15) is 14.9 Å². The molecule has 4 aromatic carbocycles. The first kappa shape index (κ1) is 25.0. The second-order valence-corrected chi connectivity index (χ2v) is 10.3. The lowest BCUT2D eigenvalue weighted by molar-refractivity contribution is -0.384. The molecule has 0 radical (unpaired) electrons. The van der Waals surface area contributed by atoms with Gasteiger partial charge in [0.15, 0.2) is 5.17 Å². The fourth-order valence-corrected chi connectivity index (χ4v) is 5.29. The minimum atomic E-state index is -0.565. The van der Waals surface area contributed by atoms with Gasteiger partial charge in [-0.15, -0.1) is 0 Å². The number of aliphatic imine (C=N–C) groups is 1. The number of hydrogen-bond donors (Lipinski definition) is 1. The van der Waals surface area contributed by atoms with Crippen molar-refractivity contribution in [1.82, 2.24) is 5.32 Å². The Balaban J connectivity index is 1.32. The van der Waals surface area contributed by atoms with Gasteiger partial charge in [-0.3, -0.25) is 14.9 Å². The van der Waals surface area contributed by atoms with Gasteiger partial charge in [-0.1, -0.05) is 60.1 Å². The minimum absolute atomic E-state index is 0.105. The number of nitrogens with one attached hydrogen (secondary N) is 1. The molecule has 7 nitrogen and oxygen atoms in total. The molecule has 10 heteroatoms. The number of halogens is 2. The molecule has 4 aromatic rings. The highest BCUT2D eigenvalue weighted by Crippen LogP contribution is 2.35. The summed E-state index contributed by atoms with van der Waals surface area (Å²) in [5.74, 6) is 0.337. The molecule has 5 rings (SSSR count). The van der Waals surface area contributed by atoms with Gasteiger partial charge in [0.05, 0.1) is 14.3 Å². The van der Waals surface area contributed by atoms with E-state index in [2.05, 4.69) is 44.4 Å². The summed E-state index contributed by atoms with van der Waals surface area (Å²) in [4.78, 5) is 27.9. The summed E-state index contributed by atoms with van der Waals surface area (Å²) in [6.07, 6.45) is 1.72. The summed E-state index contributed by atoms with van der Waals surface area (Å²) in [7, 11) is 0. The van der Waals surface area contributed by atoms with Gasteiger partial charge < -0.3 is 10.1 Å². The van der Waals surface area contributed by atoms with Crippen molar-refractivity contribution < 1.29 is 14.5 Å². The number of thioether (sulfide) groups is 1. The average molecular weight is 595 g/mol. The number of hydrogen-bond acceptors (Lipinski definition) is 6. The van der Waals surface area contributed by atoms with Gasteiger partial charge in [-0.25, -0.2) is 4.99 Å². The number of ether oxygens (including phenoxy) is 1. The number of benzene rings is 4. The predicted molar refractivity (Wildman–Crippen MR) is 151 cm³/mol. The first-order valence-electron chi connectivity index (χ1n) is 11.0. The minimum Gasteiger partial charge on any atom is -0.488 e. The van der Waals surface area contributed by atoms with Crippen LogP contribution in [0, 0.1) is 10.1 Å². The molecular weight excluding hydrogens is 578 g/mol. The second-order valence-electron chi connectivity index (χ2n) is 7.99. The molecule has 0 bridgehead atoms. The molecule has 1 aliphatic rings. The van der Waals surface area contributed by atoms with E-state index < -0.39 is 4.92 Å². The number of amides is 1. The van der Waals surface area contributed by atoms with Crippen LogP contribution in [-0.4, -0.2) is 16.0 Å². The molecule has 0 saturated carbocycles. The van der Waals surface area contributed by atoms with E-state index in [0.717, 1.165) is 38.1 Å². The van der Waals surface area contributed by atoms with Crippen LogP contribution in [0.3, 0.4) is 0 Å². The van der Waals surface area contributed by atoms with Crippen molar-refractivity contribution >= 4 is 78.6 Å². The fraction of sp³-hybridized carbons (Fsp3) is 0.0370. The Morgan fingerprint density at radius 2 is 1.89 bits per heavy atom. The topological polar surface area (TPSA) is 93.8 Å². The summed E-state index contributed by atoms with van der Waals surface area (Å²) in [5, 5.41) is 16.7. The number of fused-ring (bicyclic) bond motifs is 1. The molecule has 1 amide bonds. The van der Waals surface area contributed by atoms with Crippen molar-refractivity contribution in [2.24, 2.45) is 4.99 Å². The van der Waals surface area contributed by atoms with Gasteiger partial charge in [-0.2, -0.15) is 0 Å². The maximum Gasteiger partial charge on any atom is 0.296 e. The predicted octanol–water partition coefficient (Wildman–Crippen LogP) is 7.63. The van der Waals surface area contributed by atoms with E-state index in [-0.39, 0.29) is 27.5 Å². The molecule has 1 fully saturated rings. The molecule has 0 aromatic heterocycles. The highest BCUT2D eigenvalue weighted by molar-refractivity contribution is 9.10. The zero-order chi connectivity index (χ0) is 25.9. The van der Waals surface area contributed by atoms with Gasteiger partial charge in [-0.05, 0) is 79.9 Å². The van der Waals surface area contributed by atoms with Crippen molar-refractivity contribution in [1.29, 1.82) is 0 Å². The van der Waals surface area contributed by atoms with Crippen LogP contribution in [0.4, 0.5) is 11.4 Å². The van der Waals surface area contributed by atoms with Crippen molar-refractivity contribution in [3.63, 3.8) is 0 Å². The summed E-state index contributed by atoms with van der Waals surface area (Å²) in [6.45, 7) is 0.412. The standard InChI is InChI=1S/C27H17BrClN3O4S/c28-21-12-16(8-11-24(21)36-15-18-6-3-5-17-4-1-2-7-20(17)18)13-25-26(33)31-27(37-25)30-22-10-9-19(29)14-23(22)32(34)35/h1-14H,15H2,(H,30,31,33)/b25-13+. The molecule has 1 aliphatic heterocycles. The van der Waals surface area contributed by atoms with E-state index in [1.165, 1.54) is 18.2 Å². The third kappa shape index (κ3) is 5.69. The lowest BCUT2D eigenvalue weighted by Gasteiger charge is -2.11. The number of nitrogens with zero attached hydrogens (tertiary/aromatic N) is 2. The molecule has 0 unspecified atom stereocenters. The van der Waals surface area contributed by atoms with Gasteiger partial charge in [0, 0.05) is 11.1 Å². The highest BCUT2D eigenvalue weighted by atomic mass is 79.9. The van der Waals surface area contributed by atoms with Gasteiger partial charge >= 0.3 is 0 Å². The average Bonchev–Trinajstić information content (AvgIpc) is 3.22. The van der Waals surface area contributed by atoms with E-state index >= 15 is 0 Å². The van der Waals surface area contributed by atoms with Crippen LogP contribution >= 0.6 is 39.3 Å². The first-order valence-corrected chi connectivity index (χ1v) is 13.0. The van der Waals surface area contributed by atoms with Gasteiger partial charge in [0.25, 0.3) is 11.6 Å². The van der Waals surface area contributed by atoms with Crippen LogP contribution < -0.4 is 10.1 Å². The zero-order valence-corrected chi connectivity index (χ0v) is 22.1. The SMILES string of the molecule is O=C1NC(=Nc2ccc(Cl)cc2[N+](=O)[O-])S/C1=C/c1ccc(OCc2cccc3ccccc23)c(Br)c1. The molecule has 184 valence electrons. The van der Waals surface area contributed by atoms with Crippen molar-refractivity contribution in [2.45, 2.75) is 6.61 Å². The molecule has 0 aliphatic carbocycles. The molecular formula is C27H17BrClN3O4S. The van der Waals surface area contributed by atoms with E-state index in [4.69, 9.17) is 16.3 Å². The zero-order valence-electron chi connectivity index (χ0n) is 19.0. The van der Waals surface area contributed by atoms with Crippen LogP contribution in [0.15, 0.2) is 93.2 Å². The van der Waals surface area contributed by atoms with Gasteiger partial charge in [0.2, 0.25) is 0 Å². The smallest absolute Gasteiger partial charge is 0.296 e. The number of rotatable bonds is 6. The maximum absolute atomic E-state index is 12.5. The Labute approximate surface area is 229 Å². The molecule has 37 heavy (non-hydrogen) atoms. The summed E-state index contributed by atoms with van der Waals surface area (Å²) in [5.41, 5.74) is 1.73.